The zero-order valence-electron chi connectivity index (χ0n) is 22.3. The molecule has 0 radical (unpaired) electrons. The summed E-state index contributed by atoms with van der Waals surface area (Å²) in [7, 11) is 0. The van der Waals surface area contributed by atoms with Crippen molar-refractivity contribution < 1.29 is 14.4 Å². The van der Waals surface area contributed by atoms with Gasteiger partial charge in [-0.05, 0) is 60.9 Å². The molecule has 2 aromatic carbocycles. The monoisotopic (exact) mass is 514 g/mol. The smallest absolute Gasteiger partial charge is 0.254 e. The Hall–Kier alpha value is -3.19. The molecule has 1 spiro atoms. The number of hydrogen-bond acceptors (Lipinski definition) is 5. The number of nitrogens with zero attached hydrogens (tertiary/aromatic N) is 3. The van der Waals surface area contributed by atoms with E-state index < -0.39 is 0 Å². The van der Waals surface area contributed by atoms with Crippen LogP contribution in [0.5, 0.6) is 0 Å². The zero-order valence-corrected chi connectivity index (χ0v) is 22.3. The fourth-order valence-corrected chi connectivity index (χ4v) is 6.73. The zero-order chi connectivity index (χ0) is 26.3. The van der Waals surface area contributed by atoms with Crippen molar-refractivity contribution in [1.82, 2.24) is 14.7 Å². The van der Waals surface area contributed by atoms with Crippen LogP contribution in [0.15, 0.2) is 42.5 Å². The Morgan fingerprint density at radius 2 is 1.84 bits per heavy atom. The van der Waals surface area contributed by atoms with Gasteiger partial charge < -0.3 is 19.9 Å². The maximum Gasteiger partial charge on any atom is 0.254 e. The third kappa shape index (κ3) is 4.96. The van der Waals surface area contributed by atoms with Crippen LogP contribution in [0, 0.1) is 5.92 Å². The topological polar surface area (TPSA) is 73.0 Å². The maximum atomic E-state index is 13.7. The third-order valence-electron chi connectivity index (χ3n) is 9.12. The third-order valence-corrected chi connectivity index (χ3v) is 9.12. The van der Waals surface area contributed by atoms with Crippen LogP contribution in [-0.2, 0) is 28.0 Å². The van der Waals surface area contributed by atoms with Gasteiger partial charge in [0.2, 0.25) is 5.91 Å². The van der Waals surface area contributed by atoms with Gasteiger partial charge in [-0.3, -0.25) is 14.5 Å². The molecule has 38 heavy (non-hydrogen) atoms. The van der Waals surface area contributed by atoms with Crippen molar-refractivity contribution in [2.24, 2.45) is 5.92 Å². The molecule has 1 N–H and O–H groups in total. The minimum absolute atomic E-state index is 0.0448. The van der Waals surface area contributed by atoms with Gasteiger partial charge in [-0.1, -0.05) is 30.3 Å². The van der Waals surface area contributed by atoms with Crippen molar-refractivity contribution in [3.63, 3.8) is 0 Å². The van der Waals surface area contributed by atoms with Crippen molar-refractivity contribution in [1.29, 1.82) is 0 Å². The second-order valence-electron chi connectivity index (χ2n) is 11.8. The molecule has 7 nitrogen and oxygen atoms in total. The minimum Gasteiger partial charge on any atom is -0.382 e. The number of aldehydes is 1. The number of carbonyl (C=O) groups is 3. The largest absolute Gasteiger partial charge is 0.382 e. The van der Waals surface area contributed by atoms with E-state index in [0.29, 0.717) is 25.7 Å². The first kappa shape index (κ1) is 25.1. The number of piperidine rings is 1. The van der Waals surface area contributed by atoms with Gasteiger partial charge >= 0.3 is 0 Å². The van der Waals surface area contributed by atoms with Gasteiger partial charge in [0, 0.05) is 81.4 Å². The van der Waals surface area contributed by atoms with E-state index in [9.17, 15) is 14.4 Å². The van der Waals surface area contributed by atoms with Gasteiger partial charge in [0.1, 0.15) is 6.29 Å². The van der Waals surface area contributed by atoms with E-state index in [0.717, 1.165) is 75.8 Å². The molecule has 2 amide bonds. The van der Waals surface area contributed by atoms with Crippen molar-refractivity contribution in [3.05, 3.63) is 64.7 Å². The van der Waals surface area contributed by atoms with Crippen LogP contribution in [0.3, 0.4) is 0 Å². The molecule has 1 aliphatic carbocycles. The first-order valence-electron chi connectivity index (χ1n) is 14.1. The summed E-state index contributed by atoms with van der Waals surface area (Å²) in [6, 6.07) is 15.1. The van der Waals surface area contributed by atoms with E-state index in [1.165, 1.54) is 16.7 Å². The molecule has 2 aromatic rings. The SMILES string of the molecule is CC(=O)N1CCC(Nc2ccc3c(c2)C(=O)N(C[C@H](C=O)CN2CCc4ccccc4C2)CC32CC2)CC1. The number of amides is 2. The van der Waals surface area contributed by atoms with Gasteiger partial charge in [-0.25, -0.2) is 0 Å². The summed E-state index contributed by atoms with van der Waals surface area (Å²) in [6.07, 6.45) is 6.05. The Balaban J connectivity index is 1.13. The van der Waals surface area contributed by atoms with Crippen LogP contribution < -0.4 is 5.32 Å². The number of nitrogens with one attached hydrogen (secondary N) is 1. The van der Waals surface area contributed by atoms with E-state index in [2.05, 4.69) is 46.6 Å². The second kappa shape index (κ2) is 10.2. The lowest BCUT2D eigenvalue weighted by atomic mass is 9.85. The molecular weight excluding hydrogens is 476 g/mol. The highest BCUT2D eigenvalue weighted by atomic mass is 16.2. The highest BCUT2D eigenvalue weighted by molar-refractivity contribution is 5.99. The molecule has 3 aliphatic heterocycles. The lowest BCUT2D eigenvalue weighted by molar-refractivity contribution is -0.129. The summed E-state index contributed by atoms with van der Waals surface area (Å²) >= 11 is 0. The molecular formula is C31H38N4O3. The first-order valence-corrected chi connectivity index (χ1v) is 14.1. The molecule has 3 heterocycles. The molecule has 0 unspecified atom stereocenters. The summed E-state index contributed by atoms with van der Waals surface area (Å²) in [6.45, 7) is 6.84. The van der Waals surface area contributed by atoms with Crippen molar-refractivity contribution in [2.45, 2.75) is 57.0 Å². The quantitative estimate of drug-likeness (QED) is 0.573. The molecule has 200 valence electrons. The lowest BCUT2D eigenvalue weighted by Crippen LogP contribution is -2.47. The van der Waals surface area contributed by atoms with Crippen LogP contribution in [0.1, 0.15) is 59.7 Å². The molecule has 0 bridgehead atoms. The predicted octanol–water partition coefficient (Wildman–Crippen LogP) is 3.47. The Morgan fingerprint density at radius 3 is 2.55 bits per heavy atom. The van der Waals surface area contributed by atoms with E-state index in [4.69, 9.17) is 0 Å². The fraction of sp³-hybridized carbons (Fsp3) is 0.516. The average Bonchev–Trinajstić information content (AvgIpc) is 3.71. The van der Waals surface area contributed by atoms with Gasteiger partial charge in [0.25, 0.3) is 5.91 Å². The summed E-state index contributed by atoms with van der Waals surface area (Å²) in [5.74, 6) is -0.0193. The van der Waals surface area contributed by atoms with Gasteiger partial charge in [0.05, 0.1) is 0 Å². The van der Waals surface area contributed by atoms with Crippen LogP contribution in [0.25, 0.3) is 0 Å². The van der Waals surface area contributed by atoms with Crippen molar-refractivity contribution >= 4 is 23.8 Å². The molecule has 7 heteroatoms. The number of carbonyl (C=O) groups excluding carboxylic acids is 3. The number of likely N-dealkylation sites (tertiary alicyclic amines) is 1. The molecule has 2 fully saturated rings. The molecule has 1 atom stereocenters. The molecule has 0 aromatic heterocycles. The molecule has 1 saturated heterocycles. The van der Waals surface area contributed by atoms with Crippen LogP contribution in [0.2, 0.25) is 0 Å². The Kier molecular flexibility index (Phi) is 6.72. The standard InChI is InChI=1S/C31H38N4O3/c1-22(37)34-14-9-26(10-15-34)32-27-6-7-29-28(16-27)30(38)35(21-31(29)11-12-31)18-23(20-36)17-33-13-8-24-4-2-3-5-25(24)19-33/h2-7,16,20,23,26,32H,8-15,17-19,21H2,1H3/t23-/m1/s1. The molecule has 6 rings (SSSR count). The van der Waals surface area contributed by atoms with Gasteiger partial charge in [-0.15, -0.1) is 0 Å². The first-order chi connectivity index (χ1) is 18.4. The Labute approximate surface area is 225 Å². The van der Waals surface area contributed by atoms with Crippen LogP contribution >= 0.6 is 0 Å². The summed E-state index contributed by atoms with van der Waals surface area (Å²) in [4.78, 5) is 43.8. The van der Waals surface area contributed by atoms with E-state index in [1.807, 2.05) is 15.9 Å². The number of fused-ring (bicyclic) bond motifs is 3. The van der Waals surface area contributed by atoms with Gasteiger partial charge in [-0.2, -0.15) is 0 Å². The summed E-state index contributed by atoms with van der Waals surface area (Å²) in [5, 5.41) is 3.62. The number of rotatable bonds is 7. The Morgan fingerprint density at radius 1 is 1.08 bits per heavy atom. The van der Waals surface area contributed by atoms with Crippen LogP contribution in [0.4, 0.5) is 5.69 Å². The maximum absolute atomic E-state index is 13.7. The normalized spacial score (nSPS) is 21.6. The van der Waals surface area contributed by atoms with E-state index >= 15 is 0 Å². The van der Waals surface area contributed by atoms with Crippen molar-refractivity contribution in [3.8, 4) is 0 Å². The van der Waals surface area contributed by atoms with Crippen LogP contribution in [-0.4, -0.2) is 78.1 Å². The minimum atomic E-state index is -0.200. The molecule has 1 saturated carbocycles. The highest BCUT2D eigenvalue weighted by Gasteiger charge is 2.51. The van der Waals surface area contributed by atoms with Crippen molar-refractivity contribution in [2.75, 3.05) is 44.6 Å². The highest BCUT2D eigenvalue weighted by Crippen LogP contribution is 2.52. The number of hydrogen-bond donors (Lipinski definition) is 1. The van der Waals surface area contributed by atoms with Gasteiger partial charge in [0.15, 0.2) is 0 Å². The number of anilines is 1. The molecule has 4 aliphatic rings. The summed E-state index contributed by atoms with van der Waals surface area (Å²) in [5.41, 5.74) is 5.72. The fourth-order valence-electron chi connectivity index (χ4n) is 6.73. The Bertz CT molecular complexity index is 1230. The lowest BCUT2D eigenvalue weighted by Gasteiger charge is -2.38. The number of benzene rings is 2. The summed E-state index contributed by atoms with van der Waals surface area (Å²) < 4.78 is 0. The predicted molar refractivity (Wildman–Crippen MR) is 147 cm³/mol. The van der Waals surface area contributed by atoms with E-state index in [-0.39, 0.29) is 23.1 Å². The van der Waals surface area contributed by atoms with E-state index in [1.54, 1.807) is 6.92 Å². The average molecular weight is 515 g/mol. The second-order valence-corrected chi connectivity index (χ2v) is 11.8.